The Labute approximate surface area is 152 Å². The van der Waals surface area contributed by atoms with E-state index in [4.69, 9.17) is 0 Å². The van der Waals surface area contributed by atoms with Crippen LogP contribution in [0.3, 0.4) is 0 Å². The summed E-state index contributed by atoms with van der Waals surface area (Å²) in [6.45, 7) is 0.337. The Morgan fingerprint density at radius 3 is 2.56 bits per heavy atom. The second kappa shape index (κ2) is 7.56. The fraction of sp³-hybridized carbons (Fsp3) is 0.222. The highest BCUT2D eigenvalue weighted by molar-refractivity contribution is 5.54. The number of hydrogen-bond donors (Lipinski definition) is 1. The van der Waals surface area contributed by atoms with E-state index in [-0.39, 0.29) is 11.5 Å². The third kappa shape index (κ3) is 4.30. The molecule has 0 bridgehead atoms. The molecule has 6 nitrogen and oxygen atoms in total. The Hall–Kier alpha value is -3.23. The molecule has 0 unspecified atom stereocenters. The molecule has 1 aromatic carbocycles. The van der Waals surface area contributed by atoms with Crippen molar-refractivity contribution in [3.05, 3.63) is 69.9 Å². The summed E-state index contributed by atoms with van der Waals surface area (Å²) < 4.78 is 42.6. The van der Waals surface area contributed by atoms with E-state index in [0.717, 1.165) is 12.1 Å². The summed E-state index contributed by atoms with van der Waals surface area (Å²) in [5, 5.41) is 0. The molecule has 27 heavy (non-hydrogen) atoms. The second-order valence-corrected chi connectivity index (χ2v) is 5.83. The molecule has 2 heterocycles. The molecule has 140 valence electrons. The van der Waals surface area contributed by atoms with E-state index in [1.54, 1.807) is 19.9 Å². The van der Waals surface area contributed by atoms with Crippen LogP contribution >= 0.6 is 0 Å². The van der Waals surface area contributed by atoms with Gasteiger partial charge in [-0.05, 0) is 30.7 Å². The van der Waals surface area contributed by atoms with Crippen molar-refractivity contribution in [2.75, 3.05) is 0 Å². The third-order valence-electron chi connectivity index (χ3n) is 3.93. The summed E-state index contributed by atoms with van der Waals surface area (Å²) in [5.74, 6) is -1.32. The largest absolute Gasteiger partial charge is 0.432 e. The standard InChI is InChI=1S/C18H15F3N4O2/c1-9(11-3-4-16(12(19)5-11)27-18(20)21)13-6-14(23-8-22-13)15-7-17(26)25-10(2)24-15/h3-9,18H,1-2H3,(H,24,25,26)/t9-/m1/s1. The fourth-order valence-electron chi connectivity index (χ4n) is 2.61. The fourth-order valence-corrected chi connectivity index (χ4v) is 2.61. The predicted octanol–water partition coefficient (Wildman–Crippen LogP) is 3.43. The summed E-state index contributed by atoms with van der Waals surface area (Å²) in [4.78, 5) is 26.7. The number of halogens is 3. The molecule has 0 radical (unpaired) electrons. The lowest BCUT2D eigenvalue weighted by atomic mass is 9.96. The number of aryl methyl sites for hydroxylation is 1. The van der Waals surface area contributed by atoms with Crippen LogP contribution < -0.4 is 10.3 Å². The van der Waals surface area contributed by atoms with Gasteiger partial charge in [0.05, 0.1) is 17.1 Å². The minimum atomic E-state index is -3.10. The third-order valence-corrected chi connectivity index (χ3v) is 3.93. The molecular formula is C18H15F3N4O2. The number of ether oxygens (including phenoxy) is 1. The molecule has 0 saturated carbocycles. The summed E-state index contributed by atoms with van der Waals surface area (Å²) >= 11 is 0. The maximum Gasteiger partial charge on any atom is 0.387 e. The molecule has 0 saturated heterocycles. The number of hydrogen-bond acceptors (Lipinski definition) is 5. The van der Waals surface area contributed by atoms with E-state index >= 15 is 0 Å². The van der Waals surface area contributed by atoms with E-state index in [9.17, 15) is 18.0 Å². The molecular weight excluding hydrogens is 361 g/mol. The number of rotatable bonds is 5. The molecule has 9 heteroatoms. The van der Waals surface area contributed by atoms with Gasteiger partial charge in [-0.1, -0.05) is 13.0 Å². The van der Waals surface area contributed by atoms with Crippen molar-refractivity contribution in [1.29, 1.82) is 0 Å². The van der Waals surface area contributed by atoms with Crippen molar-refractivity contribution in [3.63, 3.8) is 0 Å². The van der Waals surface area contributed by atoms with Crippen LogP contribution in [0.25, 0.3) is 11.4 Å². The molecule has 1 atom stereocenters. The van der Waals surface area contributed by atoms with Crippen molar-refractivity contribution in [2.24, 2.45) is 0 Å². The molecule has 2 aromatic heterocycles. The van der Waals surface area contributed by atoms with E-state index in [1.165, 1.54) is 18.5 Å². The number of benzene rings is 1. The van der Waals surface area contributed by atoms with Gasteiger partial charge < -0.3 is 9.72 Å². The van der Waals surface area contributed by atoms with Gasteiger partial charge in [-0.3, -0.25) is 4.79 Å². The molecule has 0 amide bonds. The summed E-state index contributed by atoms with van der Waals surface area (Å²) in [5.41, 5.74) is 1.61. The minimum absolute atomic E-state index is 0.303. The number of aromatic nitrogens is 4. The second-order valence-electron chi connectivity index (χ2n) is 5.83. The van der Waals surface area contributed by atoms with Crippen LogP contribution in [-0.2, 0) is 0 Å². The lowest BCUT2D eigenvalue weighted by molar-refractivity contribution is -0.0522. The molecule has 1 N–H and O–H groups in total. The van der Waals surface area contributed by atoms with Crippen LogP contribution in [0, 0.1) is 12.7 Å². The zero-order valence-electron chi connectivity index (χ0n) is 14.4. The first kappa shape index (κ1) is 18.6. The number of H-pyrrole nitrogens is 1. The number of aromatic amines is 1. The average Bonchev–Trinajstić information content (AvgIpc) is 2.62. The van der Waals surface area contributed by atoms with E-state index in [0.29, 0.717) is 28.5 Å². The Morgan fingerprint density at radius 1 is 1.11 bits per heavy atom. The van der Waals surface area contributed by atoms with Crippen LogP contribution in [0.15, 0.2) is 41.5 Å². The van der Waals surface area contributed by atoms with Gasteiger partial charge in [-0.2, -0.15) is 8.78 Å². The quantitative estimate of drug-likeness (QED) is 0.738. The number of nitrogens with one attached hydrogen (secondary N) is 1. The predicted molar refractivity (Wildman–Crippen MR) is 91.2 cm³/mol. The van der Waals surface area contributed by atoms with Crippen molar-refractivity contribution >= 4 is 0 Å². The lowest BCUT2D eigenvalue weighted by Crippen LogP contribution is -2.09. The lowest BCUT2D eigenvalue weighted by Gasteiger charge is -2.14. The van der Waals surface area contributed by atoms with Gasteiger partial charge in [0.25, 0.3) is 5.56 Å². The Bertz CT molecular complexity index is 1020. The zero-order valence-corrected chi connectivity index (χ0v) is 14.4. The van der Waals surface area contributed by atoms with Gasteiger partial charge in [0, 0.05) is 12.0 Å². The highest BCUT2D eigenvalue weighted by Gasteiger charge is 2.16. The van der Waals surface area contributed by atoms with Crippen LogP contribution in [-0.4, -0.2) is 26.5 Å². The minimum Gasteiger partial charge on any atom is -0.432 e. The SMILES string of the molecule is Cc1nc(-c2cc([C@H](C)c3ccc(OC(F)F)c(F)c3)ncn2)cc(=O)[nH]1. The molecule has 0 aliphatic rings. The van der Waals surface area contributed by atoms with Crippen LogP contribution in [0.4, 0.5) is 13.2 Å². The van der Waals surface area contributed by atoms with E-state index in [2.05, 4.69) is 24.7 Å². The normalized spacial score (nSPS) is 12.2. The highest BCUT2D eigenvalue weighted by Crippen LogP contribution is 2.28. The van der Waals surface area contributed by atoms with Crippen molar-refractivity contribution in [1.82, 2.24) is 19.9 Å². The van der Waals surface area contributed by atoms with Crippen LogP contribution in [0.2, 0.25) is 0 Å². The zero-order chi connectivity index (χ0) is 19.6. The Kier molecular flexibility index (Phi) is 5.20. The Balaban J connectivity index is 1.92. The first-order valence-corrected chi connectivity index (χ1v) is 7.98. The maximum atomic E-state index is 14.0. The van der Waals surface area contributed by atoms with Gasteiger partial charge >= 0.3 is 6.61 Å². The monoisotopic (exact) mass is 376 g/mol. The maximum absolute atomic E-state index is 14.0. The van der Waals surface area contributed by atoms with Gasteiger partial charge in [-0.25, -0.2) is 19.3 Å². The van der Waals surface area contributed by atoms with Crippen LogP contribution in [0.5, 0.6) is 5.75 Å². The van der Waals surface area contributed by atoms with Crippen molar-refractivity contribution in [2.45, 2.75) is 26.4 Å². The summed E-state index contributed by atoms with van der Waals surface area (Å²) in [7, 11) is 0. The topological polar surface area (TPSA) is 80.8 Å². The van der Waals surface area contributed by atoms with Crippen molar-refractivity contribution in [3.8, 4) is 17.1 Å². The number of nitrogens with zero attached hydrogens (tertiary/aromatic N) is 3. The summed E-state index contributed by atoms with van der Waals surface area (Å²) in [6.07, 6.45) is 1.32. The molecule has 3 aromatic rings. The van der Waals surface area contributed by atoms with Gasteiger partial charge in [0.15, 0.2) is 11.6 Å². The molecule has 0 aliphatic carbocycles. The average molecular weight is 376 g/mol. The van der Waals surface area contributed by atoms with E-state index in [1.807, 2.05) is 0 Å². The van der Waals surface area contributed by atoms with Crippen LogP contribution in [0.1, 0.15) is 29.9 Å². The van der Waals surface area contributed by atoms with E-state index < -0.39 is 18.2 Å². The first-order valence-electron chi connectivity index (χ1n) is 7.98. The number of alkyl halides is 2. The molecule has 0 spiro atoms. The van der Waals surface area contributed by atoms with Crippen molar-refractivity contribution < 1.29 is 17.9 Å². The van der Waals surface area contributed by atoms with Gasteiger partial charge in [0.1, 0.15) is 12.2 Å². The smallest absolute Gasteiger partial charge is 0.387 e. The first-order chi connectivity index (χ1) is 12.8. The van der Waals surface area contributed by atoms with Gasteiger partial charge in [0.2, 0.25) is 0 Å². The molecule has 0 aliphatic heterocycles. The molecule has 0 fully saturated rings. The highest BCUT2D eigenvalue weighted by atomic mass is 19.3. The van der Waals surface area contributed by atoms with Gasteiger partial charge in [-0.15, -0.1) is 0 Å². The molecule has 3 rings (SSSR count). The summed E-state index contributed by atoms with van der Waals surface area (Å²) in [6, 6.07) is 6.73. The Morgan fingerprint density at radius 2 is 1.89 bits per heavy atom.